The smallest absolute Gasteiger partial charge is 0.146 e. The summed E-state index contributed by atoms with van der Waals surface area (Å²) in [6.07, 6.45) is 0. The van der Waals surface area contributed by atoms with Gasteiger partial charge in [-0.1, -0.05) is 18.2 Å². The van der Waals surface area contributed by atoms with E-state index in [1.807, 2.05) is 31.2 Å². The summed E-state index contributed by atoms with van der Waals surface area (Å²) in [5.74, 6) is 0.592. The first-order valence-electron chi connectivity index (χ1n) is 5.82. The Bertz CT molecular complexity index is 523. The molecular weight excluding hydrogens is 229 g/mol. The number of benzene rings is 2. The monoisotopic (exact) mass is 245 g/mol. The molecule has 0 aliphatic carbocycles. The van der Waals surface area contributed by atoms with Gasteiger partial charge in [0.1, 0.15) is 11.6 Å². The van der Waals surface area contributed by atoms with Crippen LogP contribution in [0, 0.1) is 12.7 Å². The Morgan fingerprint density at radius 1 is 1.11 bits per heavy atom. The molecule has 1 N–H and O–H groups in total. The summed E-state index contributed by atoms with van der Waals surface area (Å²) in [7, 11) is 1.63. The highest BCUT2D eigenvalue weighted by molar-refractivity contribution is 5.47. The number of methoxy groups -OCH3 is 1. The van der Waals surface area contributed by atoms with Crippen LogP contribution in [0.5, 0.6) is 5.75 Å². The van der Waals surface area contributed by atoms with Gasteiger partial charge in [-0.2, -0.15) is 0 Å². The standard InChI is InChI=1S/C15H16FNO/c1-11-3-8-14(16)15(9-11)17-10-12-4-6-13(18-2)7-5-12/h3-9,17H,10H2,1-2H3. The summed E-state index contributed by atoms with van der Waals surface area (Å²) in [6.45, 7) is 2.53. The minimum atomic E-state index is -0.228. The van der Waals surface area contributed by atoms with E-state index in [-0.39, 0.29) is 5.82 Å². The topological polar surface area (TPSA) is 21.3 Å². The third-order valence-electron chi connectivity index (χ3n) is 2.76. The highest BCUT2D eigenvalue weighted by Gasteiger charge is 2.01. The van der Waals surface area contributed by atoms with Gasteiger partial charge in [-0.3, -0.25) is 0 Å². The van der Waals surface area contributed by atoms with E-state index < -0.39 is 0 Å². The highest BCUT2D eigenvalue weighted by Crippen LogP contribution is 2.17. The number of aryl methyl sites for hydroxylation is 1. The number of nitrogens with one attached hydrogen (secondary N) is 1. The molecule has 0 atom stereocenters. The molecule has 0 unspecified atom stereocenters. The molecule has 0 fully saturated rings. The van der Waals surface area contributed by atoms with Crippen LogP contribution in [-0.4, -0.2) is 7.11 Å². The van der Waals surface area contributed by atoms with Crippen molar-refractivity contribution in [1.82, 2.24) is 0 Å². The summed E-state index contributed by atoms with van der Waals surface area (Å²) >= 11 is 0. The molecule has 0 aliphatic rings. The zero-order chi connectivity index (χ0) is 13.0. The average molecular weight is 245 g/mol. The maximum atomic E-state index is 13.5. The van der Waals surface area contributed by atoms with Crippen molar-refractivity contribution in [3.05, 3.63) is 59.4 Å². The molecule has 2 nitrogen and oxygen atoms in total. The highest BCUT2D eigenvalue weighted by atomic mass is 19.1. The van der Waals surface area contributed by atoms with Crippen molar-refractivity contribution in [2.75, 3.05) is 12.4 Å². The van der Waals surface area contributed by atoms with Gasteiger partial charge in [0.25, 0.3) is 0 Å². The van der Waals surface area contributed by atoms with Crippen LogP contribution in [0.4, 0.5) is 10.1 Å². The van der Waals surface area contributed by atoms with Gasteiger partial charge in [0.2, 0.25) is 0 Å². The van der Waals surface area contributed by atoms with Gasteiger partial charge >= 0.3 is 0 Å². The lowest BCUT2D eigenvalue weighted by molar-refractivity contribution is 0.414. The van der Waals surface area contributed by atoms with E-state index in [2.05, 4.69) is 5.32 Å². The molecule has 94 valence electrons. The van der Waals surface area contributed by atoms with Crippen molar-refractivity contribution in [3.63, 3.8) is 0 Å². The van der Waals surface area contributed by atoms with Crippen molar-refractivity contribution in [1.29, 1.82) is 0 Å². The Balaban J connectivity index is 2.04. The van der Waals surface area contributed by atoms with Crippen molar-refractivity contribution in [2.45, 2.75) is 13.5 Å². The van der Waals surface area contributed by atoms with Crippen LogP contribution in [0.2, 0.25) is 0 Å². The molecule has 0 aromatic heterocycles. The molecular formula is C15H16FNO. The van der Waals surface area contributed by atoms with Gasteiger partial charge in [-0.25, -0.2) is 4.39 Å². The van der Waals surface area contributed by atoms with Gasteiger partial charge < -0.3 is 10.1 Å². The zero-order valence-corrected chi connectivity index (χ0v) is 10.5. The molecule has 0 saturated carbocycles. The minimum Gasteiger partial charge on any atom is -0.497 e. The largest absolute Gasteiger partial charge is 0.497 e. The van der Waals surface area contributed by atoms with Crippen LogP contribution >= 0.6 is 0 Å². The Morgan fingerprint density at radius 3 is 2.50 bits per heavy atom. The summed E-state index contributed by atoms with van der Waals surface area (Å²) in [5.41, 5.74) is 2.65. The fourth-order valence-electron chi connectivity index (χ4n) is 1.72. The molecule has 18 heavy (non-hydrogen) atoms. The molecule has 0 bridgehead atoms. The van der Waals surface area contributed by atoms with Crippen LogP contribution in [0.25, 0.3) is 0 Å². The predicted molar refractivity (Wildman–Crippen MR) is 71.5 cm³/mol. The quantitative estimate of drug-likeness (QED) is 0.885. The SMILES string of the molecule is COc1ccc(CNc2cc(C)ccc2F)cc1. The fraction of sp³-hybridized carbons (Fsp3) is 0.200. The number of rotatable bonds is 4. The molecule has 0 spiro atoms. The molecule has 0 radical (unpaired) electrons. The predicted octanol–water partition coefficient (Wildman–Crippen LogP) is 3.75. The van der Waals surface area contributed by atoms with Crippen molar-refractivity contribution in [2.24, 2.45) is 0 Å². The van der Waals surface area contributed by atoms with E-state index in [4.69, 9.17) is 4.74 Å². The lowest BCUT2D eigenvalue weighted by atomic mass is 10.2. The first kappa shape index (κ1) is 12.4. The van der Waals surface area contributed by atoms with Crippen LogP contribution in [0.1, 0.15) is 11.1 Å². The zero-order valence-electron chi connectivity index (χ0n) is 10.5. The van der Waals surface area contributed by atoms with E-state index in [1.54, 1.807) is 19.2 Å². The van der Waals surface area contributed by atoms with Crippen LogP contribution in [0.3, 0.4) is 0 Å². The fourth-order valence-corrected chi connectivity index (χ4v) is 1.72. The third-order valence-corrected chi connectivity index (χ3v) is 2.76. The number of hydrogen-bond donors (Lipinski definition) is 1. The molecule has 2 aromatic carbocycles. The van der Waals surface area contributed by atoms with Crippen molar-refractivity contribution in [3.8, 4) is 5.75 Å². The van der Waals surface area contributed by atoms with Gasteiger partial charge in [0.15, 0.2) is 0 Å². The van der Waals surface area contributed by atoms with Crippen LogP contribution < -0.4 is 10.1 Å². The van der Waals surface area contributed by atoms with Gasteiger partial charge in [0.05, 0.1) is 12.8 Å². The van der Waals surface area contributed by atoms with Crippen LogP contribution in [-0.2, 0) is 6.54 Å². The van der Waals surface area contributed by atoms with Gasteiger partial charge in [0, 0.05) is 6.54 Å². The van der Waals surface area contributed by atoms with E-state index in [1.165, 1.54) is 6.07 Å². The Hall–Kier alpha value is -2.03. The van der Waals surface area contributed by atoms with Gasteiger partial charge in [-0.15, -0.1) is 0 Å². The van der Waals surface area contributed by atoms with E-state index >= 15 is 0 Å². The number of anilines is 1. The number of ether oxygens (including phenoxy) is 1. The maximum Gasteiger partial charge on any atom is 0.146 e. The average Bonchev–Trinajstić information content (AvgIpc) is 2.40. The second-order valence-corrected chi connectivity index (χ2v) is 4.18. The summed E-state index contributed by atoms with van der Waals surface area (Å²) in [4.78, 5) is 0. The van der Waals surface area contributed by atoms with E-state index in [0.29, 0.717) is 12.2 Å². The minimum absolute atomic E-state index is 0.228. The number of hydrogen-bond acceptors (Lipinski definition) is 2. The summed E-state index contributed by atoms with van der Waals surface area (Å²) < 4.78 is 18.6. The molecule has 3 heteroatoms. The molecule has 0 heterocycles. The van der Waals surface area contributed by atoms with Gasteiger partial charge in [-0.05, 0) is 42.3 Å². The molecule has 0 saturated heterocycles. The number of halogens is 1. The first-order valence-corrected chi connectivity index (χ1v) is 5.82. The molecule has 2 aromatic rings. The summed E-state index contributed by atoms with van der Waals surface area (Å²) in [6, 6.07) is 12.7. The Kier molecular flexibility index (Phi) is 3.82. The molecule has 2 rings (SSSR count). The lowest BCUT2D eigenvalue weighted by Crippen LogP contribution is -2.01. The van der Waals surface area contributed by atoms with E-state index in [9.17, 15) is 4.39 Å². The van der Waals surface area contributed by atoms with Crippen molar-refractivity contribution >= 4 is 5.69 Å². The maximum absolute atomic E-state index is 13.5. The second kappa shape index (κ2) is 5.54. The van der Waals surface area contributed by atoms with Crippen LogP contribution in [0.15, 0.2) is 42.5 Å². The normalized spacial score (nSPS) is 10.2. The Labute approximate surface area is 106 Å². The third kappa shape index (κ3) is 3.00. The molecule has 0 amide bonds. The van der Waals surface area contributed by atoms with Crippen molar-refractivity contribution < 1.29 is 9.13 Å². The molecule has 0 aliphatic heterocycles. The van der Waals surface area contributed by atoms with E-state index in [0.717, 1.165) is 16.9 Å². The summed E-state index contributed by atoms with van der Waals surface area (Å²) in [5, 5.41) is 3.09. The lowest BCUT2D eigenvalue weighted by Gasteiger charge is -2.09. The first-order chi connectivity index (χ1) is 8.69. The second-order valence-electron chi connectivity index (χ2n) is 4.18. The Morgan fingerprint density at radius 2 is 1.83 bits per heavy atom.